The highest BCUT2D eigenvalue weighted by molar-refractivity contribution is 6.42. The number of amides is 1. The Labute approximate surface area is 150 Å². The fraction of sp³-hybridized carbons (Fsp3) is 0.294. The van der Waals surface area contributed by atoms with Crippen LogP contribution in [0.3, 0.4) is 0 Å². The molecule has 1 amide bonds. The van der Waals surface area contributed by atoms with Crippen LogP contribution in [0.25, 0.3) is 0 Å². The van der Waals surface area contributed by atoms with E-state index in [9.17, 15) is 4.79 Å². The standard InChI is InChI=1S/C17H16Cl2N2O3/c1-23-14-3-2-6-20-16(14)17(22)21-7-8-24-15(10-21)11-4-5-12(18)13(19)9-11/h2-6,9,15H,7-8,10H2,1H3/t15-/m1/s1. The van der Waals surface area contributed by atoms with Gasteiger partial charge in [0.25, 0.3) is 5.91 Å². The van der Waals surface area contributed by atoms with Crippen LogP contribution in [0, 0.1) is 0 Å². The van der Waals surface area contributed by atoms with E-state index in [1.165, 1.54) is 7.11 Å². The van der Waals surface area contributed by atoms with Crippen LogP contribution in [0.5, 0.6) is 5.75 Å². The number of hydrogen-bond donors (Lipinski definition) is 0. The van der Waals surface area contributed by atoms with Crippen LogP contribution in [0.1, 0.15) is 22.2 Å². The Bertz CT molecular complexity index is 754. The summed E-state index contributed by atoms with van der Waals surface area (Å²) in [6.07, 6.45) is 1.32. The van der Waals surface area contributed by atoms with Crippen molar-refractivity contribution in [2.75, 3.05) is 26.8 Å². The summed E-state index contributed by atoms with van der Waals surface area (Å²) in [6.45, 7) is 1.35. The normalized spacial score (nSPS) is 17.6. The van der Waals surface area contributed by atoms with E-state index in [4.69, 9.17) is 32.7 Å². The molecule has 0 aliphatic carbocycles. The number of aromatic nitrogens is 1. The average Bonchev–Trinajstić information content (AvgIpc) is 2.63. The Morgan fingerprint density at radius 3 is 2.92 bits per heavy atom. The Hall–Kier alpha value is -1.82. The lowest BCUT2D eigenvalue weighted by molar-refractivity contribution is -0.0231. The number of rotatable bonds is 3. The molecule has 1 saturated heterocycles. The molecule has 0 bridgehead atoms. The molecule has 7 heteroatoms. The molecule has 2 heterocycles. The van der Waals surface area contributed by atoms with E-state index in [1.807, 2.05) is 6.07 Å². The smallest absolute Gasteiger partial charge is 0.276 e. The summed E-state index contributed by atoms with van der Waals surface area (Å²) in [5.41, 5.74) is 1.18. The third-order valence-corrected chi connectivity index (χ3v) is 4.60. The summed E-state index contributed by atoms with van der Waals surface area (Å²) in [4.78, 5) is 18.6. The van der Waals surface area contributed by atoms with Gasteiger partial charge >= 0.3 is 0 Å². The molecule has 0 radical (unpaired) electrons. The summed E-state index contributed by atoms with van der Waals surface area (Å²) in [7, 11) is 1.52. The van der Waals surface area contributed by atoms with Crippen LogP contribution in [0.2, 0.25) is 10.0 Å². The number of hydrogen-bond acceptors (Lipinski definition) is 4. The molecule has 1 aromatic heterocycles. The third-order valence-electron chi connectivity index (χ3n) is 3.86. The second-order valence-corrected chi connectivity index (χ2v) is 6.15. The van der Waals surface area contributed by atoms with Crippen molar-refractivity contribution in [1.29, 1.82) is 0 Å². The highest BCUT2D eigenvalue weighted by Gasteiger charge is 2.28. The van der Waals surface area contributed by atoms with Gasteiger partial charge in [0.15, 0.2) is 5.69 Å². The van der Waals surface area contributed by atoms with E-state index in [0.29, 0.717) is 41.2 Å². The minimum absolute atomic E-state index is 0.180. The number of ether oxygens (including phenoxy) is 2. The van der Waals surface area contributed by atoms with Gasteiger partial charge in [-0.15, -0.1) is 0 Å². The number of methoxy groups -OCH3 is 1. The zero-order valence-corrected chi connectivity index (χ0v) is 14.5. The fourth-order valence-electron chi connectivity index (χ4n) is 2.61. The van der Waals surface area contributed by atoms with E-state index >= 15 is 0 Å². The van der Waals surface area contributed by atoms with Gasteiger partial charge < -0.3 is 14.4 Å². The van der Waals surface area contributed by atoms with Crippen molar-refractivity contribution in [3.63, 3.8) is 0 Å². The number of carbonyl (C=O) groups excluding carboxylic acids is 1. The maximum absolute atomic E-state index is 12.8. The molecule has 1 aromatic carbocycles. The Morgan fingerprint density at radius 1 is 1.33 bits per heavy atom. The van der Waals surface area contributed by atoms with E-state index in [2.05, 4.69) is 4.98 Å². The molecular weight excluding hydrogens is 351 g/mol. The maximum Gasteiger partial charge on any atom is 0.276 e. The largest absolute Gasteiger partial charge is 0.494 e. The van der Waals surface area contributed by atoms with Gasteiger partial charge in [0.1, 0.15) is 11.9 Å². The van der Waals surface area contributed by atoms with Crippen molar-refractivity contribution in [1.82, 2.24) is 9.88 Å². The van der Waals surface area contributed by atoms with Gasteiger partial charge in [-0.3, -0.25) is 4.79 Å². The first-order chi connectivity index (χ1) is 11.6. The molecule has 5 nitrogen and oxygen atoms in total. The molecule has 0 saturated carbocycles. The molecular formula is C17H16Cl2N2O3. The lowest BCUT2D eigenvalue weighted by atomic mass is 10.1. The van der Waals surface area contributed by atoms with Crippen LogP contribution in [-0.4, -0.2) is 42.6 Å². The molecule has 24 heavy (non-hydrogen) atoms. The van der Waals surface area contributed by atoms with E-state index < -0.39 is 0 Å². The van der Waals surface area contributed by atoms with Gasteiger partial charge in [-0.05, 0) is 29.8 Å². The molecule has 2 aromatic rings. The van der Waals surface area contributed by atoms with Crippen LogP contribution in [-0.2, 0) is 4.74 Å². The summed E-state index contributed by atoms with van der Waals surface area (Å²) in [5, 5.41) is 0.954. The first-order valence-electron chi connectivity index (χ1n) is 7.45. The van der Waals surface area contributed by atoms with Crippen LogP contribution in [0.15, 0.2) is 36.5 Å². The van der Waals surface area contributed by atoms with Crippen LogP contribution >= 0.6 is 23.2 Å². The van der Waals surface area contributed by atoms with E-state index in [1.54, 1.807) is 35.4 Å². The number of pyridine rings is 1. The number of carbonyl (C=O) groups is 1. The molecule has 126 valence electrons. The summed E-state index contributed by atoms with van der Waals surface area (Å²) < 4.78 is 11.0. The highest BCUT2D eigenvalue weighted by Crippen LogP contribution is 2.29. The molecule has 0 N–H and O–H groups in total. The second kappa shape index (κ2) is 7.38. The molecule has 1 aliphatic heterocycles. The molecule has 0 unspecified atom stereocenters. The number of morpholine rings is 1. The summed E-state index contributed by atoms with van der Waals surface area (Å²) in [5.74, 6) is 0.279. The van der Waals surface area contributed by atoms with Crippen LogP contribution < -0.4 is 4.74 Å². The Balaban J connectivity index is 1.80. The lowest BCUT2D eigenvalue weighted by Gasteiger charge is -2.33. The zero-order chi connectivity index (χ0) is 17.1. The van der Waals surface area contributed by atoms with Crippen molar-refractivity contribution >= 4 is 29.1 Å². The molecule has 0 spiro atoms. The summed E-state index contributed by atoms with van der Waals surface area (Å²) >= 11 is 12.0. The quantitative estimate of drug-likeness (QED) is 0.832. The molecule has 1 fully saturated rings. The molecule has 1 aliphatic rings. The van der Waals surface area contributed by atoms with Gasteiger partial charge in [-0.25, -0.2) is 4.98 Å². The van der Waals surface area contributed by atoms with Gasteiger partial charge in [0.2, 0.25) is 0 Å². The van der Waals surface area contributed by atoms with Crippen molar-refractivity contribution < 1.29 is 14.3 Å². The predicted octanol–water partition coefficient (Wildman–Crippen LogP) is 3.61. The minimum Gasteiger partial charge on any atom is -0.494 e. The van der Waals surface area contributed by atoms with Crippen molar-refractivity contribution in [2.45, 2.75) is 6.10 Å². The first kappa shape index (κ1) is 17.0. The zero-order valence-electron chi connectivity index (χ0n) is 13.0. The van der Waals surface area contributed by atoms with Gasteiger partial charge in [0, 0.05) is 12.7 Å². The predicted molar refractivity (Wildman–Crippen MR) is 91.8 cm³/mol. The third kappa shape index (κ3) is 3.48. The van der Waals surface area contributed by atoms with Gasteiger partial charge in [-0.1, -0.05) is 29.3 Å². The maximum atomic E-state index is 12.8. The second-order valence-electron chi connectivity index (χ2n) is 5.34. The van der Waals surface area contributed by atoms with Crippen molar-refractivity contribution in [3.8, 4) is 5.75 Å². The van der Waals surface area contributed by atoms with E-state index in [-0.39, 0.29) is 12.0 Å². The first-order valence-corrected chi connectivity index (χ1v) is 8.20. The topological polar surface area (TPSA) is 51.7 Å². The average molecular weight is 367 g/mol. The monoisotopic (exact) mass is 366 g/mol. The Kier molecular flexibility index (Phi) is 5.23. The fourth-order valence-corrected chi connectivity index (χ4v) is 2.92. The van der Waals surface area contributed by atoms with Crippen LogP contribution in [0.4, 0.5) is 0 Å². The molecule has 1 atom stereocenters. The summed E-state index contributed by atoms with van der Waals surface area (Å²) in [6, 6.07) is 8.80. The highest BCUT2D eigenvalue weighted by atomic mass is 35.5. The van der Waals surface area contributed by atoms with Gasteiger partial charge in [0.05, 0.1) is 30.3 Å². The number of halogens is 2. The van der Waals surface area contributed by atoms with E-state index in [0.717, 1.165) is 5.56 Å². The van der Waals surface area contributed by atoms with Crippen molar-refractivity contribution in [3.05, 3.63) is 57.8 Å². The lowest BCUT2D eigenvalue weighted by Crippen LogP contribution is -2.42. The van der Waals surface area contributed by atoms with Gasteiger partial charge in [-0.2, -0.15) is 0 Å². The Morgan fingerprint density at radius 2 is 2.17 bits per heavy atom. The molecule has 3 rings (SSSR count). The number of benzene rings is 1. The van der Waals surface area contributed by atoms with Crippen molar-refractivity contribution in [2.24, 2.45) is 0 Å². The minimum atomic E-state index is -0.257. The SMILES string of the molecule is COc1cccnc1C(=O)N1CCO[C@@H](c2ccc(Cl)c(Cl)c2)C1. The number of nitrogens with zero attached hydrogens (tertiary/aromatic N) is 2.